The second kappa shape index (κ2) is 4.30. The molecule has 1 aliphatic heterocycles. The van der Waals surface area contributed by atoms with Gasteiger partial charge in [0.05, 0.1) is 25.1 Å². The molecule has 6 heteroatoms. The van der Waals surface area contributed by atoms with Gasteiger partial charge in [-0.2, -0.15) is 0 Å². The highest BCUT2D eigenvalue weighted by molar-refractivity contribution is 5.52. The molecule has 2 aromatic heterocycles. The number of nitrogens with zero attached hydrogens (tertiary/aromatic N) is 3. The smallest absolute Gasteiger partial charge is 0.300 e. The van der Waals surface area contributed by atoms with E-state index in [1.54, 1.807) is 12.3 Å². The van der Waals surface area contributed by atoms with Crippen LogP contribution in [0.5, 0.6) is 5.75 Å². The Morgan fingerprint density at radius 1 is 1.28 bits per heavy atom. The molecule has 0 saturated carbocycles. The molecule has 0 unspecified atom stereocenters. The number of hydrogen-bond donors (Lipinski definition) is 1. The third kappa shape index (κ3) is 1.80. The van der Waals surface area contributed by atoms with E-state index < -0.39 is 5.56 Å². The number of fused-ring (bicyclic) bond motifs is 1. The van der Waals surface area contributed by atoms with Crippen molar-refractivity contribution in [2.75, 3.05) is 31.2 Å². The average Bonchev–Trinajstić information content (AvgIpc) is 2.44. The Morgan fingerprint density at radius 3 is 2.83 bits per heavy atom. The fraction of sp³-hybridized carbons (Fsp3) is 0.333. The molecule has 0 aromatic carbocycles. The minimum Gasteiger partial charge on any atom is -0.502 e. The monoisotopic (exact) mass is 247 g/mol. The topological polar surface area (TPSA) is 67.1 Å². The van der Waals surface area contributed by atoms with Gasteiger partial charge in [-0.15, -0.1) is 0 Å². The van der Waals surface area contributed by atoms with Crippen LogP contribution in [0.3, 0.4) is 0 Å². The van der Waals surface area contributed by atoms with Crippen molar-refractivity contribution in [3.8, 4) is 5.75 Å². The minimum atomic E-state index is -0.449. The van der Waals surface area contributed by atoms with Crippen molar-refractivity contribution in [3.05, 3.63) is 34.9 Å². The van der Waals surface area contributed by atoms with Crippen molar-refractivity contribution < 1.29 is 9.84 Å². The lowest BCUT2D eigenvalue weighted by Crippen LogP contribution is -2.36. The lowest BCUT2D eigenvalue weighted by molar-refractivity contribution is 0.122. The van der Waals surface area contributed by atoms with Crippen LogP contribution in [0.15, 0.2) is 29.3 Å². The number of hydrogen-bond acceptors (Lipinski definition) is 5. The number of ether oxygens (including phenoxy) is 1. The van der Waals surface area contributed by atoms with Crippen LogP contribution >= 0.6 is 0 Å². The first-order valence-electron chi connectivity index (χ1n) is 5.79. The van der Waals surface area contributed by atoms with Crippen LogP contribution < -0.4 is 10.5 Å². The molecule has 94 valence electrons. The third-order valence-electron chi connectivity index (χ3n) is 3.04. The van der Waals surface area contributed by atoms with Crippen LogP contribution in [0.2, 0.25) is 0 Å². The largest absolute Gasteiger partial charge is 0.502 e. The summed E-state index contributed by atoms with van der Waals surface area (Å²) in [4.78, 5) is 17.9. The molecule has 0 aliphatic carbocycles. The molecule has 0 radical (unpaired) electrons. The van der Waals surface area contributed by atoms with Crippen LogP contribution in [0.4, 0.5) is 5.69 Å². The molecule has 3 rings (SSSR count). The Balaban J connectivity index is 2.09. The minimum absolute atomic E-state index is 0.341. The van der Waals surface area contributed by atoms with Gasteiger partial charge in [0.25, 0.3) is 5.56 Å². The molecule has 1 N–H and O–H groups in total. The lowest BCUT2D eigenvalue weighted by Gasteiger charge is -2.28. The molecule has 1 fully saturated rings. The summed E-state index contributed by atoms with van der Waals surface area (Å²) in [6, 6.07) is 3.69. The van der Waals surface area contributed by atoms with Crippen molar-refractivity contribution in [2.24, 2.45) is 0 Å². The van der Waals surface area contributed by atoms with Gasteiger partial charge < -0.3 is 14.7 Å². The molecule has 0 atom stereocenters. The standard InChI is InChI=1S/C12H13N3O3/c16-10-7-13-11-2-1-9(8-15(11)12(10)17)14-3-5-18-6-4-14/h1-2,7-8,16H,3-6H2. The fourth-order valence-electron chi connectivity index (χ4n) is 2.06. The van der Waals surface area contributed by atoms with Gasteiger partial charge in [0.1, 0.15) is 5.65 Å². The molecule has 0 bridgehead atoms. The number of anilines is 1. The van der Waals surface area contributed by atoms with E-state index in [4.69, 9.17) is 4.74 Å². The number of aromatic nitrogens is 2. The fourth-order valence-corrected chi connectivity index (χ4v) is 2.06. The molecule has 0 spiro atoms. The van der Waals surface area contributed by atoms with Crippen molar-refractivity contribution in [2.45, 2.75) is 0 Å². The zero-order valence-corrected chi connectivity index (χ0v) is 9.74. The van der Waals surface area contributed by atoms with E-state index in [-0.39, 0.29) is 5.75 Å². The molecule has 1 aliphatic rings. The maximum atomic E-state index is 11.8. The zero-order chi connectivity index (χ0) is 12.5. The van der Waals surface area contributed by atoms with Crippen molar-refractivity contribution in [1.82, 2.24) is 9.38 Å². The van der Waals surface area contributed by atoms with E-state index in [1.165, 1.54) is 10.6 Å². The maximum absolute atomic E-state index is 11.8. The van der Waals surface area contributed by atoms with E-state index in [0.717, 1.165) is 18.8 Å². The summed E-state index contributed by atoms with van der Waals surface area (Å²) in [5.74, 6) is -0.341. The van der Waals surface area contributed by atoms with E-state index in [0.29, 0.717) is 18.9 Å². The SMILES string of the molecule is O=c1c(O)cnc2ccc(N3CCOCC3)cn12. The molecule has 0 amide bonds. The molecule has 2 aromatic rings. The Kier molecular flexibility index (Phi) is 2.64. The first-order valence-corrected chi connectivity index (χ1v) is 5.79. The summed E-state index contributed by atoms with van der Waals surface area (Å²) in [5, 5.41) is 9.39. The van der Waals surface area contributed by atoms with Gasteiger partial charge in [-0.1, -0.05) is 0 Å². The van der Waals surface area contributed by atoms with Crippen molar-refractivity contribution in [1.29, 1.82) is 0 Å². The number of pyridine rings is 1. The predicted octanol–water partition coefficient (Wildman–Crippen LogP) is 0.237. The van der Waals surface area contributed by atoms with Crippen molar-refractivity contribution >= 4 is 11.3 Å². The average molecular weight is 247 g/mol. The molecule has 3 heterocycles. The molecule has 1 saturated heterocycles. The third-order valence-corrected chi connectivity index (χ3v) is 3.04. The summed E-state index contributed by atoms with van der Waals surface area (Å²) in [5.41, 5.74) is 1.00. The zero-order valence-electron chi connectivity index (χ0n) is 9.74. The number of aromatic hydroxyl groups is 1. The Hall–Kier alpha value is -2.08. The van der Waals surface area contributed by atoms with Crippen LogP contribution in [0, 0.1) is 0 Å². The van der Waals surface area contributed by atoms with E-state index in [1.807, 2.05) is 6.07 Å². The summed E-state index contributed by atoms with van der Waals surface area (Å²) in [7, 11) is 0. The summed E-state index contributed by atoms with van der Waals surface area (Å²) in [6.07, 6.45) is 2.88. The van der Waals surface area contributed by atoms with Gasteiger partial charge in [-0.25, -0.2) is 4.98 Å². The Morgan fingerprint density at radius 2 is 2.06 bits per heavy atom. The molecular formula is C12H13N3O3. The summed E-state index contributed by atoms with van der Waals surface area (Å²) >= 11 is 0. The summed E-state index contributed by atoms with van der Waals surface area (Å²) < 4.78 is 6.65. The van der Waals surface area contributed by atoms with Crippen molar-refractivity contribution in [3.63, 3.8) is 0 Å². The van der Waals surface area contributed by atoms with E-state index >= 15 is 0 Å². The summed E-state index contributed by atoms with van der Waals surface area (Å²) in [6.45, 7) is 2.97. The van der Waals surface area contributed by atoms with E-state index in [2.05, 4.69) is 9.88 Å². The highest BCUT2D eigenvalue weighted by Crippen LogP contribution is 2.16. The maximum Gasteiger partial charge on any atom is 0.300 e. The first kappa shape index (κ1) is 11.0. The Bertz CT molecular complexity index is 632. The van der Waals surface area contributed by atoms with Crippen LogP contribution in [0.25, 0.3) is 5.65 Å². The normalized spacial score (nSPS) is 16.1. The van der Waals surface area contributed by atoms with Gasteiger partial charge in [0.15, 0.2) is 0 Å². The predicted molar refractivity (Wildman–Crippen MR) is 66.2 cm³/mol. The van der Waals surface area contributed by atoms with Crippen LogP contribution in [-0.2, 0) is 4.74 Å². The van der Waals surface area contributed by atoms with Crippen LogP contribution in [-0.4, -0.2) is 40.8 Å². The van der Waals surface area contributed by atoms with Gasteiger partial charge in [-0.3, -0.25) is 9.20 Å². The highest BCUT2D eigenvalue weighted by atomic mass is 16.5. The molecule has 6 nitrogen and oxygen atoms in total. The first-order chi connectivity index (χ1) is 8.75. The highest BCUT2D eigenvalue weighted by Gasteiger charge is 2.12. The second-order valence-corrected chi connectivity index (χ2v) is 4.16. The van der Waals surface area contributed by atoms with Gasteiger partial charge >= 0.3 is 0 Å². The van der Waals surface area contributed by atoms with Gasteiger partial charge in [-0.05, 0) is 12.1 Å². The van der Waals surface area contributed by atoms with E-state index in [9.17, 15) is 9.90 Å². The number of rotatable bonds is 1. The second-order valence-electron chi connectivity index (χ2n) is 4.16. The molecule has 18 heavy (non-hydrogen) atoms. The Labute approximate surface area is 103 Å². The van der Waals surface area contributed by atoms with Gasteiger partial charge in [0.2, 0.25) is 5.75 Å². The number of morpholine rings is 1. The van der Waals surface area contributed by atoms with Crippen LogP contribution in [0.1, 0.15) is 0 Å². The quantitative estimate of drug-likeness (QED) is 0.781. The lowest BCUT2D eigenvalue weighted by atomic mass is 10.3. The molecular weight excluding hydrogens is 234 g/mol. The van der Waals surface area contributed by atoms with Gasteiger partial charge in [0, 0.05) is 19.3 Å².